The molecule has 3 rings (SSSR count). The molecule has 6 heteroatoms. The van der Waals surface area contributed by atoms with Crippen molar-refractivity contribution in [3.63, 3.8) is 0 Å². The Morgan fingerprint density at radius 2 is 2.10 bits per heavy atom. The predicted octanol–water partition coefficient (Wildman–Crippen LogP) is 2.87. The summed E-state index contributed by atoms with van der Waals surface area (Å²) in [7, 11) is 0. The summed E-state index contributed by atoms with van der Waals surface area (Å²) in [4.78, 5) is 20.5. The molecule has 0 saturated carbocycles. The number of nitrogens with two attached hydrogens (primary N) is 1. The summed E-state index contributed by atoms with van der Waals surface area (Å²) < 4.78 is 0.809. The summed E-state index contributed by atoms with van der Waals surface area (Å²) in [6.45, 7) is 0.570. The highest BCUT2D eigenvalue weighted by atomic mass is 35.5. The van der Waals surface area contributed by atoms with Crippen LogP contribution in [0.15, 0.2) is 41.3 Å². The molecule has 0 unspecified atom stereocenters. The van der Waals surface area contributed by atoms with E-state index in [0.29, 0.717) is 27.7 Å². The van der Waals surface area contributed by atoms with E-state index in [9.17, 15) is 4.79 Å². The van der Waals surface area contributed by atoms with E-state index < -0.39 is 0 Å². The second-order valence-electron chi connectivity index (χ2n) is 4.55. The Morgan fingerprint density at radius 1 is 1.24 bits per heavy atom. The van der Waals surface area contributed by atoms with Crippen LogP contribution in [0.2, 0.25) is 5.02 Å². The third-order valence-electron chi connectivity index (χ3n) is 3.06. The summed E-state index contributed by atoms with van der Waals surface area (Å²) in [6, 6.07) is 9.00. The zero-order valence-corrected chi connectivity index (χ0v) is 12.6. The molecule has 1 aromatic carbocycles. The molecule has 3 aromatic rings. The van der Waals surface area contributed by atoms with Crippen LogP contribution in [-0.2, 0) is 6.42 Å². The van der Waals surface area contributed by atoms with Crippen molar-refractivity contribution in [1.82, 2.24) is 9.97 Å². The summed E-state index contributed by atoms with van der Waals surface area (Å²) in [5.74, 6) is 0. The van der Waals surface area contributed by atoms with E-state index in [1.807, 2.05) is 12.1 Å². The highest BCUT2D eigenvalue weighted by Gasteiger charge is 2.09. The highest BCUT2D eigenvalue weighted by molar-refractivity contribution is 7.21. The third kappa shape index (κ3) is 2.95. The smallest absolute Gasteiger partial charge is 0.279 e. The molecule has 2 heterocycles. The first-order valence-corrected chi connectivity index (χ1v) is 7.62. The van der Waals surface area contributed by atoms with Crippen molar-refractivity contribution in [3.8, 4) is 10.7 Å². The lowest BCUT2D eigenvalue weighted by atomic mass is 10.2. The van der Waals surface area contributed by atoms with Crippen LogP contribution in [0.5, 0.6) is 0 Å². The Bertz CT molecular complexity index is 863. The number of hydrogen-bond donors (Lipinski definition) is 1. The summed E-state index contributed by atoms with van der Waals surface area (Å²) >= 11 is 7.40. The van der Waals surface area contributed by atoms with Crippen molar-refractivity contribution in [3.05, 3.63) is 57.5 Å². The molecule has 2 aromatic heterocycles. The summed E-state index contributed by atoms with van der Waals surface area (Å²) in [5.41, 5.74) is 7.07. The number of rotatable bonds is 3. The molecule has 2 N–H and O–H groups in total. The molecule has 0 spiro atoms. The van der Waals surface area contributed by atoms with Gasteiger partial charge in [-0.3, -0.25) is 9.78 Å². The van der Waals surface area contributed by atoms with Crippen LogP contribution in [0.4, 0.5) is 0 Å². The maximum Gasteiger partial charge on any atom is 0.279 e. The van der Waals surface area contributed by atoms with Gasteiger partial charge in [0, 0.05) is 15.9 Å². The van der Waals surface area contributed by atoms with Crippen molar-refractivity contribution < 1.29 is 0 Å². The molecule has 21 heavy (non-hydrogen) atoms. The lowest BCUT2D eigenvalue weighted by molar-refractivity contribution is 0.964. The molecule has 0 bridgehead atoms. The van der Waals surface area contributed by atoms with E-state index in [4.69, 9.17) is 17.3 Å². The second-order valence-corrected chi connectivity index (χ2v) is 6.02. The topological polar surface area (TPSA) is 68.9 Å². The number of benzene rings is 1. The molecule has 4 nitrogen and oxygen atoms in total. The minimum atomic E-state index is -0.263. The van der Waals surface area contributed by atoms with Crippen LogP contribution in [0.1, 0.15) is 5.56 Å². The summed E-state index contributed by atoms with van der Waals surface area (Å²) in [6.07, 6.45) is 2.48. The highest BCUT2D eigenvalue weighted by Crippen LogP contribution is 2.27. The van der Waals surface area contributed by atoms with Crippen molar-refractivity contribution in [2.75, 3.05) is 6.54 Å². The van der Waals surface area contributed by atoms with Crippen LogP contribution >= 0.6 is 22.9 Å². The number of pyridine rings is 1. The standard InChI is InChI=1S/C15H12ClN3OS/c16-10-1-2-11-13(8-10)21-15(19-14(11)20)12-7-9(3-5-17)4-6-18-12/h1-2,4,6-8H,3,5,17H2. The quantitative estimate of drug-likeness (QED) is 0.806. The van der Waals surface area contributed by atoms with Crippen molar-refractivity contribution in [1.29, 1.82) is 0 Å². The molecule has 0 aliphatic heterocycles. The lowest BCUT2D eigenvalue weighted by Crippen LogP contribution is -2.07. The van der Waals surface area contributed by atoms with Crippen molar-refractivity contribution in [2.24, 2.45) is 5.73 Å². The van der Waals surface area contributed by atoms with Crippen LogP contribution < -0.4 is 11.3 Å². The average Bonchev–Trinajstić information content (AvgIpc) is 2.47. The van der Waals surface area contributed by atoms with Gasteiger partial charge >= 0.3 is 0 Å². The maximum atomic E-state index is 12.1. The molecular formula is C15H12ClN3OS. The Kier molecular flexibility index (Phi) is 3.96. The average molecular weight is 318 g/mol. The molecule has 0 amide bonds. The Labute approximate surface area is 130 Å². The van der Waals surface area contributed by atoms with Gasteiger partial charge in [-0.05, 0) is 48.9 Å². The molecule has 0 radical (unpaired) electrons. The SMILES string of the molecule is NCCc1ccnc(-c2nc(=O)c3ccc(Cl)cc3s2)c1. The number of aromatic nitrogens is 2. The van der Waals surface area contributed by atoms with E-state index in [2.05, 4.69) is 9.97 Å². The van der Waals surface area contributed by atoms with Crippen LogP contribution in [0.3, 0.4) is 0 Å². The van der Waals surface area contributed by atoms with E-state index in [1.165, 1.54) is 11.3 Å². The summed E-state index contributed by atoms with van der Waals surface area (Å²) in [5, 5.41) is 1.76. The van der Waals surface area contributed by atoms with Gasteiger partial charge in [0.2, 0.25) is 0 Å². The monoisotopic (exact) mass is 317 g/mol. The van der Waals surface area contributed by atoms with E-state index in [-0.39, 0.29) is 5.56 Å². The largest absolute Gasteiger partial charge is 0.330 e. The second kappa shape index (κ2) is 5.89. The predicted molar refractivity (Wildman–Crippen MR) is 86.9 cm³/mol. The molecular weight excluding hydrogens is 306 g/mol. The zero-order chi connectivity index (χ0) is 14.8. The fraction of sp³-hybridized carbons (Fsp3) is 0.133. The van der Waals surface area contributed by atoms with Gasteiger partial charge in [0.25, 0.3) is 5.56 Å². The van der Waals surface area contributed by atoms with Gasteiger partial charge in [0.1, 0.15) is 5.01 Å². The molecule has 0 aliphatic rings. The van der Waals surface area contributed by atoms with Gasteiger partial charge in [-0.15, -0.1) is 11.3 Å². The molecule has 0 saturated heterocycles. The first kappa shape index (κ1) is 14.1. The normalized spacial score (nSPS) is 11.0. The van der Waals surface area contributed by atoms with Gasteiger partial charge in [-0.1, -0.05) is 11.6 Å². The van der Waals surface area contributed by atoms with Crippen LogP contribution in [0.25, 0.3) is 20.8 Å². The van der Waals surface area contributed by atoms with Crippen LogP contribution in [0, 0.1) is 0 Å². The van der Waals surface area contributed by atoms with Gasteiger partial charge < -0.3 is 5.73 Å². The van der Waals surface area contributed by atoms with Gasteiger partial charge in [-0.2, -0.15) is 4.98 Å². The van der Waals surface area contributed by atoms with E-state index in [0.717, 1.165) is 16.7 Å². The van der Waals surface area contributed by atoms with Gasteiger partial charge in [0.15, 0.2) is 0 Å². The van der Waals surface area contributed by atoms with Crippen LogP contribution in [-0.4, -0.2) is 16.5 Å². The van der Waals surface area contributed by atoms with Crippen molar-refractivity contribution in [2.45, 2.75) is 6.42 Å². The van der Waals surface area contributed by atoms with E-state index >= 15 is 0 Å². The number of fused-ring (bicyclic) bond motifs is 1. The molecule has 106 valence electrons. The Balaban J connectivity index is 2.16. The first-order chi connectivity index (χ1) is 10.2. The van der Waals surface area contributed by atoms with Crippen molar-refractivity contribution >= 4 is 33.0 Å². The molecule has 0 aliphatic carbocycles. The minimum absolute atomic E-state index is 0.263. The number of halogens is 1. The third-order valence-corrected chi connectivity index (χ3v) is 4.35. The Morgan fingerprint density at radius 3 is 2.90 bits per heavy atom. The molecule has 0 fully saturated rings. The first-order valence-electron chi connectivity index (χ1n) is 6.43. The number of nitrogens with zero attached hydrogens (tertiary/aromatic N) is 2. The lowest BCUT2D eigenvalue weighted by Gasteiger charge is -2.04. The maximum absolute atomic E-state index is 12.1. The number of hydrogen-bond acceptors (Lipinski definition) is 5. The zero-order valence-electron chi connectivity index (χ0n) is 11.0. The van der Waals surface area contributed by atoms with Gasteiger partial charge in [0.05, 0.1) is 11.1 Å². The fourth-order valence-corrected chi connectivity index (χ4v) is 3.30. The molecule has 0 atom stereocenters. The van der Waals surface area contributed by atoms with E-state index in [1.54, 1.807) is 24.4 Å². The van der Waals surface area contributed by atoms with Gasteiger partial charge in [-0.25, -0.2) is 0 Å². The minimum Gasteiger partial charge on any atom is -0.330 e. The fourth-order valence-electron chi connectivity index (χ4n) is 2.06. The Hall–Kier alpha value is -1.82.